The van der Waals surface area contributed by atoms with Crippen molar-refractivity contribution in [2.45, 2.75) is 20.4 Å². The van der Waals surface area contributed by atoms with E-state index >= 15 is 0 Å². The fourth-order valence-electron chi connectivity index (χ4n) is 1.94. The third-order valence-corrected chi connectivity index (χ3v) is 3.15. The van der Waals surface area contributed by atoms with Crippen LogP contribution >= 0.6 is 11.6 Å². The van der Waals surface area contributed by atoms with Crippen LogP contribution in [0.3, 0.4) is 0 Å². The lowest BCUT2D eigenvalue weighted by atomic mass is 10.1. The molecule has 0 radical (unpaired) electrons. The number of halogens is 2. The molecule has 0 heterocycles. The third-order valence-electron chi connectivity index (χ3n) is 2.91. The molecule has 0 bridgehead atoms. The normalized spacial score (nSPS) is 10.9. The van der Waals surface area contributed by atoms with Crippen molar-refractivity contribution in [3.8, 4) is 11.5 Å². The van der Waals surface area contributed by atoms with E-state index in [1.165, 1.54) is 12.1 Å². The molecule has 21 heavy (non-hydrogen) atoms. The Hall–Kier alpha value is -1.58. The summed E-state index contributed by atoms with van der Waals surface area (Å²) in [6.45, 7) is 5.68. The molecule has 0 amide bonds. The van der Waals surface area contributed by atoms with Gasteiger partial charge in [-0.2, -0.15) is 0 Å². The molecule has 0 saturated heterocycles. The topological polar surface area (TPSA) is 21.3 Å². The molecule has 2 nitrogen and oxygen atoms in total. The van der Waals surface area contributed by atoms with Crippen LogP contribution in [0.2, 0.25) is 5.02 Å². The fourth-order valence-corrected chi connectivity index (χ4v) is 2.12. The molecule has 0 saturated carbocycles. The van der Waals surface area contributed by atoms with Crippen molar-refractivity contribution >= 4 is 11.6 Å². The molecule has 4 heteroatoms. The predicted octanol–water partition coefficient (Wildman–Crippen LogP) is 5.02. The van der Waals surface area contributed by atoms with Gasteiger partial charge in [-0.3, -0.25) is 0 Å². The Morgan fingerprint density at radius 1 is 1.19 bits per heavy atom. The molecule has 0 aliphatic carbocycles. The average Bonchev–Trinajstić information content (AvgIpc) is 2.41. The van der Waals surface area contributed by atoms with Gasteiger partial charge in [-0.15, -0.1) is 0 Å². The second kappa shape index (κ2) is 7.43. The molecule has 0 unspecified atom stereocenters. The highest BCUT2D eigenvalue weighted by Crippen LogP contribution is 2.27. The smallest absolute Gasteiger partial charge is 0.132 e. The quantitative estimate of drug-likeness (QED) is 0.809. The SMILES string of the molecule is CC(C)CNCc1cc(F)ccc1Oc1cccc(Cl)c1. The van der Waals surface area contributed by atoms with Crippen LogP contribution in [0, 0.1) is 11.7 Å². The van der Waals surface area contributed by atoms with Crippen molar-refractivity contribution in [2.75, 3.05) is 6.54 Å². The summed E-state index contributed by atoms with van der Waals surface area (Å²) in [5, 5.41) is 3.90. The van der Waals surface area contributed by atoms with Crippen molar-refractivity contribution in [1.29, 1.82) is 0 Å². The zero-order valence-electron chi connectivity index (χ0n) is 12.2. The van der Waals surface area contributed by atoms with Crippen LogP contribution in [0.4, 0.5) is 4.39 Å². The summed E-state index contributed by atoms with van der Waals surface area (Å²) in [5.74, 6) is 1.54. The van der Waals surface area contributed by atoms with Crippen molar-refractivity contribution in [1.82, 2.24) is 5.32 Å². The number of ether oxygens (including phenoxy) is 1. The molecule has 0 aliphatic rings. The lowest BCUT2D eigenvalue weighted by molar-refractivity contribution is 0.466. The maximum absolute atomic E-state index is 13.4. The number of nitrogens with one attached hydrogen (secondary N) is 1. The van der Waals surface area contributed by atoms with Crippen LogP contribution in [0.5, 0.6) is 11.5 Å². The van der Waals surface area contributed by atoms with E-state index in [1.807, 2.05) is 12.1 Å². The Bertz CT molecular complexity index is 601. The second-order valence-electron chi connectivity index (χ2n) is 5.34. The Morgan fingerprint density at radius 2 is 2.00 bits per heavy atom. The summed E-state index contributed by atoms with van der Waals surface area (Å²) >= 11 is 5.94. The van der Waals surface area contributed by atoms with E-state index in [1.54, 1.807) is 18.2 Å². The molecule has 2 rings (SSSR count). The Kier molecular flexibility index (Phi) is 5.59. The van der Waals surface area contributed by atoms with E-state index < -0.39 is 0 Å². The van der Waals surface area contributed by atoms with Crippen LogP contribution < -0.4 is 10.1 Å². The van der Waals surface area contributed by atoms with Gasteiger partial charge in [-0.25, -0.2) is 4.39 Å². The number of rotatable bonds is 6. The van der Waals surface area contributed by atoms with Crippen molar-refractivity contribution in [2.24, 2.45) is 5.92 Å². The first-order valence-electron chi connectivity index (χ1n) is 6.97. The zero-order valence-corrected chi connectivity index (χ0v) is 13.0. The van der Waals surface area contributed by atoms with Crippen molar-refractivity contribution < 1.29 is 9.13 Å². The largest absolute Gasteiger partial charge is 0.457 e. The van der Waals surface area contributed by atoms with E-state index in [4.69, 9.17) is 16.3 Å². The summed E-state index contributed by atoms with van der Waals surface area (Å²) in [7, 11) is 0. The second-order valence-corrected chi connectivity index (χ2v) is 5.77. The van der Waals surface area contributed by atoms with Crippen LogP contribution in [0.1, 0.15) is 19.4 Å². The molecule has 2 aromatic rings. The molecule has 112 valence electrons. The molecule has 0 spiro atoms. The Balaban J connectivity index is 2.14. The minimum atomic E-state index is -0.269. The molecular weight excluding hydrogens is 289 g/mol. The van der Waals surface area contributed by atoms with E-state index in [0.29, 0.717) is 29.0 Å². The first kappa shape index (κ1) is 15.8. The maximum Gasteiger partial charge on any atom is 0.132 e. The van der Waals surface area contributed by atoms with E-state index in [-0.39, 0.29) is 5.82 Å². The average molecular weight is 308 g/mol. The fraction of sp³-hybridized carbons (Fsp3) is 0.294. The van der Waals surface area contributed by atoms with Gasteiger partial charge in [-0.05, 0) is 48.9 Å². The third kappa shape index (κ3) is 5.03. The van der Waals surface area contributed by atoms with Gasteiger partial charge >= 0.3 is 0 Å². The van der Waals surface area contributed by atoms with Gasteiger partial charge in [0.25, 0.3) is 0 Å². The first-order valence-corrected chi connectivity index (χ1v) is 7.35. The van der Waals surface area contributed by atoms with Crippen molar-refractivity contribution in [3.05, 3.63) is 58.9 Å². The van der Waals surface area contributed by atoms with Gasteiger partial charge in [-0.1, -0.05) is 31.5 Å². The van der Waals surface area contributed by atoms with Crippen LogP contribution in [0.25, 0.3) is 0 Å². The number of hydrogen-bond donors (Lipinski definition) is 1. The van der Waals surface area contributed by atoms with Crippen LogP contribution in [-0.4, -0.2) is 6.54 Å². The Labute approximate surface area is 129 Å². The highest BCUT2D eigenvalue weighted by atomic mass is 35.5. The molecule has 0 aromatic heterocycles. The number of hydrogen-bond acceptors (Lipinski definition) is 2. The highest BCUT2D eigenvalue weighted by Gasteiger charge is 2.07. The van der Waals surface area contributed by atoms with E-state index in [0.717, 1.165) is 12.1 Å². The predicted molar refractivity (Wildman–Crippen MR) is 84.5 cm³/mol. The summed E-state index contributed by atoms with van der Waals surface area (Å²) in [4.78, 5) is 0. The highest BCUT2D eigenvalue weighted by molar-refractivity contribution is 6.30. The molecule has 0 atom stereocenters. The maximum atomic E-state index is 13.4. The van der Waals surface area contributed by atoms with Gasteiger partial charge in [0.15, 0.2) is 0 Å². The number of benzene rings is 2. The summed E-state index contributed by atoms with van der Waals surface area (Å²) in [6.07, 6.45) is 0. The standard InChI is InChI=1S/C17H19ClFNO/c1-12(2)10-20-11-13-8-15(19)6-7-17(13)21-16-5-3-4-14(18)9-16/h3-9,12,20H,10-11H2,1-2H3. The van der Waals surface area contributed by atoms with Crippen LogP contribution in [-0.2, 0) is 6.54 Å². The first-order chi connectivity index (χ1) is 10.0. The molecule has 1 N–H and O–H groups in total. The van der Waals surface area contributed by atoms with Crippen LogP contribution in [0.15, 0.2) is 42.5 Å². The zero-order chi connectivity index (χ0) is 15.2. The van der Waals surface area contributed by atoms with E-state index in [2.05, 4.69) is 19.2 Å². The lowest BCUT2D eigenvalue weighted by Crippen LogP contribution is -2.19. The molecular formula is C17H19ClFNO. The lowest BCUT2D eigenvalue weighted by Gasteiger charge is -2.13. The molecule has 2 aromatic carbocycles. The summed E-state index contributed by atoms with van der Waals surface area (Å²) in [5.41, 5.74) is 0.788. The monoisotopic (exact) mass is 307 g/mol. The van der Waals surface area contributed by atoms with Gasteiger partial charge in [0.2, 0.25) is 0 Å². The minimum absolute atomic E-state index is 0.269. The Morgan fingerprint density at radius 3 is 2.71 bits per heavy atom. The summed E-state index contributed by atoms with van der Waals surface area (Å²) < 4.78 is 19.2. The summed E-state index contributed by atoms with van der Waals surface area (Å²) in [6, 6.07) is 11.7. The van der Waals surface area contributed by atoms with Crippen molar-refractivity contribution in [3.63, 3.8) is 0 Å². The molecule has 0 aliphatic heterocycles. The van der Waals surface area contributed by atoms with E-state index in [9.17, 15) is 4.39 Å². The van der Waals surface area contributed by atoms with Gasteiger partial charge < -0.3 is 10.1 Å². The minimum Gasteiger partial charge on any atom is -0.457 e. The van der Waals surface area contributed by atoms with Gasteiger partial charge in [0, 0.05) is 17.1 Å². The van der Waals surface area contributed by atoms with Gasteiger partial charge in [0.05, 0.1) is 0 Å². The van der Waals surface area contributed by atoms with Gasteiger partial charge in [0.1, 0.15) is 17.3 Å². The molecule has 0 fully saturated rings.